The molecule has 1 unspecified atom stereocenters. The third-order valence-electron chi connectivity index (χ3n) is 4.59. The van der Waals surface area contributed by atoms with Gasteiger partial charge < -0.3 is 19.7 Å². The van der Waals surface area contributed by atoms with Crippen molar-refractivity contribution < 1.29 is 19.1 Å². The number of hydrogen-bond acceptors (Lipinski definition) is 4. The van der Waals surface area contributed by atoms with Gasteiger partial charge in [-0.1, -0.05) is 17.7 Å². The minimum atomic E-state index is -0.162. The van der Waals surface area contributed by atoms with Gasteiger partial charge in [0.25, 0.3) is 0 Å². The lowest BCUT2D eigenvalue weighted by atomic mass is 9.97. The second kappa shape index (κ2) is 8.74. The molecule has 0 bridgehead atoms. The molecule has 1 N–H and O–H groups in total. The number of benzene rings is 1. The van der Waals surface area contributed by atoms with Crippen LogP contribution in [0.1, 0.15) is 43.9 Å². The summed E-state index contributed by atoms with van der Waals surface area (Å²) in [5.74, 6) is 0.512. The van der Waals surface area contributed by atoms with Gasteiger partial charge in [-0.05, 0) is 39.7 Å². The number of piperidine rings is 1. The van der Waals surface area contributed by atoms with E-state index in [4.69, 9.17) is 9.47 Å². The predicted molar refractivity (Wildman–Crippen MR) is 95.6 cm³/mol. The van der Waals surface area contributed by atoms with Crippen LogP contribution < -0.4 is 10.1 Å². The van der Waals surface area contributed by atoms with Crippen molar-refractivity contribution in [1.29, 1.82) is 0 Å². The van der Waals surface area contributed by atoms with E-state index >= 15 is 0 Å². The normalized spacial score (nSPS) is 16.2. The molecule has 1 saturated heterocycles. The molecule has 2 amide bonds. The van der Waals surface area contributed by atoms with E-state index < -0.39 is 0 Å². The Morgan fingerprint density at radius 2 is 2.00 bits per heavy atom. The van der Waals surface area contributed by atoms with E-state index in [0.717, 1.165) is 16.9 Å². The molecule has 6 nitrogen and oxygen atoms in total. The standard InChI is InChI=1S/C19H28N2O4/c1-5-25-18(22)15-8-10-21(11-9-15)19(23)20-14(3)16-12-13(2)6-7-17(16)24-4/h6-7,12,14-15H,5,8-11H2,1-4H3,(H,20,23). The van der Waals surface area contributed by atoms with E-state index in [0.29, 0.717) is 32.5 Å². The molecule has 1 heterocycles. The number of likely N-dealkylation sites (tertiary alicyclic amines) is 1. The van der Waals surface area contributed by atoms with Gasteiger partial charge in [-0.25, -0.2) is 4.79 Å². The molecule has 6 heteroatoms. The second-order valence-electron chi connectivity index (χ2n) is 6.43. The van der Waals surface area contributed by atoms with E-state index in [2.05, 4.69) is 5.32 Å². The maximum Gasteiger partial charge on any atom is 0.317 e. The van der Waals surface area contributed by atoms with Crippen molar-refractivity contribution in [2.45, 2.75) is 39.7 Å². The molecule has 0 aromatic heterocycles. The fourth-order valence-electron chi connectivity index (χ4n) is 3.12. The Labute approximate surface area is 149 Å². The number of esters is 1. The van der Waals surface area contributed by atoms with Gasteiger partial charge in [-0.2, -0.15) is 0 Å². The Bertz CT molecular complexity index is 609. The van der Waals surface area contributed by atoms with Crippen LogP contribution in [0.15, 0.2) is 18.2 Å². The van der Waals surface area contributed by atoms with E-state index in [1.807, 2.05) is 32.0 Å². The average molecular weight is 348 g/mol. The Balaban J connectivity index is 1.92. The van der Waals surface area contributed by atoms with Gasteiger partial charge in [0.15, 0.2) is 0 Å². The summed E-state index contributed by atoms with van der Waals surface area (Å²) in [4.78, 5) is 26.1. The summed E-state index contributed by atoms with van der Waals surface area (Å²) in [6, 6.07) is 5.65. The summed E-state index contributed by atoms with van der Waals surface area (Å²) in [5.41, 5.74) is 2.07. The number of methoxy groups -OCH3 is 1. The first-order chi connectivity index (χ1) is 12.0. The number of aryl methyl sites for hydroxylation is 1. The van der Waals surface area contributed by atoms with Crippen LogP contribution in [-0.2, 0) is 9.53 Å². The Morgan fingerprint density at radius 1 is 1.32 bits per heavy atom. The van der Waals surface area contributed by atoms with Crippen molar-refractivity contribution in [3.8, 4) is 5.75 Å². The first-order valence-corrected chi connectivity index (χ1v) is 8.82. The zero-order valence-electron chi connectivity index (χ0n) is 15.5. The SMILES string of the molecule is CCOC(=O)C1CCN(C(=O)NC(C)c2cc(C)ccc2OC)CC1. The minimum Gasteiger partial charge on any atom is -0.496 e. The van der Waals surface area contributed by atoms with E-state index in [-0.39, 0.29) is 24.0 Å². The van der Waals surface area contributed by atoms with Crippen LogP contribution >= 0.6 is 0 Å². The summed E-state index contributed by atoms with van der Waals surface area (Å²) >= 11 is 0. The molecule has 0 spiro atoms. The van der Waals surface area contributed by atoms with Gasteiger partial charge in [0.1, 0.15) is 5.75 Å². The summed E-state index contributed by atoms with van der Waals surface area (Å²) in [5, 5.41) is 3.03. The fourth-order valence-corrected chi connectivity index (χ4v) is 3.12. The molecule has 1 aliphatic heterocycles. The van der Waals surface area contributed by atoms with Crippen LogP contribution in [0.3, 0.4) is 0 Å². The molecule has 1 aromatic carbocycles. The van der Waals surface area contributed by atoms with Gasteiger partial charge in [0.2, 0.25) is 0 Å². The first kappa shape index (κ1) is 19.1. The molecule has 1 fully saturated rings. The Kier molecular flexibility index (Phi) is 6.67. The predicted octanol–water partition coefficient (Wildman–Crippen LogP) is 3.05. The molecule has 138 valence electrons. The summed E-state index contributed by atoms with van der Waals surface area (Å²) < 4.78 is 10.5. The van der Waals surface area contributed by atoms with E-state index in [1.165, 1.54) is 0 Å². The van der Waals surface area contributed by atoms with Crippen LogP contribution in [0.4, 0.5) is 4.79 Å². The molecular formula is C19H28N2O4. The molecule has 1 atom stereocenters. The highest BCUT2D eigenvalue weighted by atomic mass is 16.5. The quantitative estimate of drug-likeness (QED) is 0.831. The van der Waals surface area contributed by atoms with Crippen molar-refractivity contribution in [3.63, 3.8) is 0 Å². The average Bonchev–Trinajstić information content (AvgIpc) is 2.61. The van der Waals surface area contributed by atoms with Gasteiger partial charge in [0, 0.05) is 18.7 Å². The molecule has 0 saturated carbocycles. The van der Waals surface area contributed by atoms with Crippen molar-refractivity contribution in [2.24, 2.45) is 5.92 Å². The minimum absolute atomic E-state index is 0.0988. The first-order valence-electron chi connectivity index (χ1n) is 8.82. The van der Waals surface area contributed by atoms with Crippen molar-refractivity contribution in [1.82, 2.24) is 10.2 Å². The van der Waals surface area contributed by atoms with Crippen LogP contribution in [0.2, 0.25) is 0 Å². The van der Waals surface area contributed by atoms with Gasteiger partial charge in [-0.3, -0.25) is 4.79 Å². The van der Waals surface area contributed by atoms with Gasteiger partial charge in [0.05, 0.1) is 25.7 Å². The number of amides is 2. The van der Waals surface area contributed by atoms with Crippen LogP contribution in [-0.4, -0.2) is 43.7 Å². The Morgan fingerprint density at radius 3 is 2.60 bits per heavy atom. The maximum atomic E-state index is 12.5. The number of nitrogens with zero attached hydrogens (tertiary/aromatic N) is 1. The number of nitrogens with one attached hydrogen (secondary N) is 1. The zero-order chi connectivity index (χ0) is 18.4. The maximum absolute atomic E-state index is 12.5. The number of carbonyl (C=O) groups is 2. The van der Waals surface area contributed by atoms with Gasteiger partial charge in [-0.15, -0.1) is 0 Å². The number of rotatable bonds is 5. The summed E-state index contributed by atoms with van der Waals surface area (Å²) in [7, 11) is 1.63. The number of urea groups is 1. The number of hydrogen-bond donors (Lipinski definition) is 1. The lowest BCUT2D eigenvalue weighted by Gasteiger charge is -2.32. The topological polar surface area (TPSA) is 67.9 Å². The van der Waals surface area contributed by atoms with Crippen molar-refractivity contribution in [3.05, 3.63) is 29.3 Å². The van der Waals surface area contributed by atoms with Crippen LogP contribution in [0.5, 0.6) is 5.75 Å². The second-order valence-corrected chi connectivity index (χ2v) is 6.43. The van der Waals surface area contributed by atoms with Gasteiger partial charge >= 0.3 is 12.0 Å². The number of ether oxygens (including phenoxy) is 2. The molecule has 1 aliphatic rings. The monoisotopic (exact) mass is 348 g/mol. The van der Waals surface area contributed by atoms with Crippen LogP contribution in [0, 0.1) is 12.8 Å². The molecule has 0 radical (unpaired) electrons. The lowest BCUT2D eigenvalue weighted by molar-refractivity contribution is -0.149. The molecular weight excluding hydrogens is 320 g/mol. The lowest BCUT2D eigenvalue weighted by Crippen LogP contribution is -2.46. The van der Waals surface area contributed by atoms with E-state index in [9.17, 15) is 9.59 Å². The highest BCUT2D eigenvalue weighted by Gasteiger charge is 2.29. The van der Waals surface area contributed by atoms with E-state index in [1.54, 1.807) is 18.9 Å². The third-order valence-corrected chi connectivity index (χ3v) is 4.59. The largest absolute Gasteiger partial charge is 0.496 e. The van der Waals surface area contributed by atoms with Crippen LogP contribution in [0.25, 0.3) is 0 Å². The summed E-state index contributed by atoms with van der Waals surface area (Å²) in [6.45, 7) is 7.29. The van der Waals surface area contributed by atoms with Crippen molar-refractivity contribution >= 4 is 12.0 Å². The molecule has 0 aliphatic carbocycles. The molecule has 1 aromatic rings. The highest BCUT2D eigenvalue weighted by Crippen LogP contribution is 2.26. The molecule has 25 heavy (non-hydrogen) atoms. The fraction of sp³-hybridized carbons (Fsp3) is 0.579. The highest BCUT2D eigenvalue weighted by molar-refractivity contribution is 5.76. The number of carbonyl (C=O) groups excluding carboxylic acids is 2. The van der Waals surface area contributed by atoms with Crippen molar-refractivity contribution in [2.75, 3.05) is 26.8 Å². The smallest absolute Gasteiger partial charge is 0.317 e. The third kappa shape index (κ3) is 4.87. The zero-order valence-corrected chi connectivity index (χ0v) is 15.5. The molecule has 2 rings (SSSR count). The Hall–Kier alpha value is -2.24. The summed E-state index contributed by atoms with van der Waals surface area (Å²) in [6.07, 6.45) is 1.29.